The van der Waals surface area contributed by atoms with Gasteiger partial charge in [-0.15, -0.1) is 0 Å². The molecule has 0 aromatic heterocycles. The first-order valence-electron chi connectivity index (χ1n) is 5.93. The lowest BCUT2D eigenvalue weighted by molar-refractivity contribution is -0.119. The molecule has 1 unspecified atom stereocenters. The molecule has 0 spiro atoms. The number of nitriles is 1. The normalized spacial score (nSPS) is 22.9. The van der Waals surface area contributed by atoms with Crippen LogP contribution in [0.2, 0.25) is 0 Å². The Morgan fingerprint density at radius 2 is 2.10 bits per heavy atom. The summed E-state index contributed by atoms with van der Waals surface area (Å²) in [5.74, 6) is -0.509. The van der Waals surface area contributed by atoms with E-state index in [1.807, 2.05) is 6.07 Å². The molecule has 1 amide bonds. The molecule has 7 heteroatoms. The molecule has 20 heavy (non-hydrogen) atoms. The monoisotopic (exact) mass is 355 g/mol. The van der Waals surface area contributed by atoms with Crippen LogP contribution in [0.4, 0.5) is 5.69 Å². The van der Waals surface area contributed by atoms with Gasteiger partial charge in [-0.1, -0.05) is 15.9 Å². The minimum atomic E-state index is -1.63. The minimum absolute atomic E-state index is 0.483. The maximum Gasteiger partial charge on any atom is 0.265 e. The van der Waals surface area contributed by atoms with Crippen molar-refractivity contribution in [2.75, 3.05) is 5.32 Å². The fourth-order valence-electron chi connectivity index (χ4n) is 1.80. The Balaban J connectivity index is 2.52. The molecule has 2 atom stereocenters. The summed E-state index contributed by atoms with van der Waals surface area (Å²) in [5, 5.41) is 12.2. The highest BCUT2D eigenvalue weighted by atomic mass is 79.9. The Hall–Kier alpha value is -1.23. The molecule has 1 aromatic rings. The van der Waals surface area contributed by atoms with E-state index in [9.17, 15) is 14.3 Å². The maximum atomic E-state index is 12.3. The van der Waals surface area contributed by atoms with Crippen molar-refractivity contribution in [2.45, 2.75) is 31.1 Å². The van der Waals surface area contributed by atoms with Gasteiger partial charge in [-0.2, -0.15) is 5.26 Å². The molecule has 2 N–H and O–H groups in total. The first-order chi connectivity index (χ1) is 9.20. The lowest BCUT2D eigenvalue weighted by Gasteiger charge is -2.26. The summed E-state index contributed by atoms with van der Waals surface area (Å²) in [6.07, 6.45) is 0. The van der Waals surface area contributed by atoms with Crippen LogP contribution < -0.4 is 10.0 Å². The van der Waals surface area contributed by atoms with Crippen molar-refractivity contribution in [2.24, 2.45) is 0 Å². The number of benzene rings is 1. The molecule has 0 fully saturated rings. The van der Waals surface area contributed by atoms with Gasteiger partial charge in [0, 0.05) is 15.7 Å². The Bertz CT molecular complexity index is 648. The van der Waals surface area contributed by atoms with Crippen LogP contribution in [0, 0.1) is 11.3 Å². The number of nitrogens with zero attached hydrogens (tertiary/aromatic N) is 1. The largest absolute Gasteiger partial charge is 0.323 e. The Labute approximate surface area is 128 Å². The summed E-state index contributed by atoms with van der Waals surface area (Å²) in [7, 11) is -1.55. The number of halogens is 1. The summed E-state index contributed by atoms with van der Waals surface area (Å²) in [6.45, 7) is 5.32. The standard InChI is InChI=1S/C13H14BrN3O2S/c1-12(2,3)20(19)17-13(7-15)9-6-8(14)4-5-10(9)16-11(13)18/h4-6,17H,1-3H3,(H,16,18)/t13-,20?/m1/s1. The summed E-state index contributed by atoms with van der Waals surface area (Å²) < 4.78 is 15.1. The average Bonchev–Trinajstić information content (AvgIpc) is 2.61. The average molecular weight is 356 g/mol. The van der Waals surface area contributed by atoms with Crippen molar-refractivity contribution >= 4 is 38.5 Å². The van der Waals surface area contributed by atoms with Gasteiger partial charge in [-0.3, -0.25) is 4.79 Å². The van der Waals surface area contributed by atoms with Gasteiger partial charge in [0.05, 0.1) is 15.7 Å². The Kier molecular flexibility index (Phi) is 3.75. The van der Waals surface area contributed by atoms with Crippen LogP contribution in [-0.4, -0.2) is 14.9 Å². The van der Waals surface area contributed by atoms with Crippen molar-refractivity contribution in [3.8, 4) is 6.07 Å². The molecule has 0 saturated carbocycles. The van der Waals surface area contributed by atoms with E-state index in [0.717, 1.165) is 4.47 Å². The van der Waals surface area contributed by atoms with E-state index < -0.39 is 27.2 Å². The Morgan fingerprint density at radius 3 is 2.65 bits per heavy atom. The van der Waals surface area contributed by atoms with E-state index >= 15 is 0 Å². The molecule has 106 valence electrons. The highest BCUT2D eigenvalue weighted by molar-refractivity contribution is 9.10. The predicted octanol–water partition coefficient (Wildman–Crippen LogP) is 2.17. The number of carbonyl (C=O) groups is 1. The van der Waals surface area contributed by atoms with E-state index in [0.29, 0.717) is 11.3 Å². The molecule has 0 saturated heterocycles. The van der Waals surface area contributed by atoms with Gasteiger partial charge in [-0.25, -0.2) is 8.93 Å². The molecule has 1 aromatic carbocycles. The SMILES string of the molecule is CC(C)(C)S(=O)N[C@@]1(C#N)C(=O)Nc2ccc(Br)cc21. The van der Waals surface area contributed by atoms with Crippen molar-refractivity contribution in [1.82, 2.24) is 4.72 Å². The summed E-state index contributed by atoms with van der Waals surface area (Å²) in [6, 6.07) is 7.14. The highest BCUT2D eigenvalue weighted by Gasteiger charge is 2.50. The highest BCUT2D eigenvalue weighted by Crippen LogP contribution is 2.38. The van der Waals surface area contributed by atoms with Gasteiger partial charge < -0.3 is 5.32 Å². The van der Waals surface area contributed by atoms with Gasteiger partial charge in [0.25, 0.3) is 5.91 Å². The molecule has 1 aliphatic rings. The lowest BCUT2D eigenvalue weighted by atomic mass is 9.94. The number of anilines is 1. The van der Waals surface area contributed by atoms with Gasteiger partial charge in [0.2, 0.25) is 5.54 Å². The number of carbonyl (C=O) groups excluding carboxylic acids is 1. The van der Waals surface area contributed by atoms with Crippen molar-refractivity contribution in [1.29, 1.82) is 5.26 Å². The fourth-order valence-corrected chi connectivity index (χ4v) is 3.00. The van der Waals surface area contributed by atoms with E-state index in [-0.39, 0.29) is 0 Å². The second kappa shape index (κ2) is 4.95. The topological polar surface area (TPSA) is 82.0 Å². The molecule has 1 heterocycles. The summed E-state index contributed by atoms with van der Waals surface area (Å²) in [4.78, 5) is 12.2. The van der Waals surface area contributed by atoms with Crippen LogP contribution in [0.5, 0.6) is 0 Å². The zero-order valence-electron chi connectivity index (χ0n) is 11.3. The maximum absolute atomic E-state index is 12.3. The first-order valence-corrected chi connectivity index (χ1v) is 7.87. The quantitative estimate of drug-likeness (QED) is 0.852. The third-order valence-electron chi connectivity index (χ3n) is 2.94. The number of hydrogen-bond donors (Lipinski definition) is 2. The third kappa shape index (κ3) is 2.39. The van der Waals surface area contributed by atoms with Crippen molar-refractivity contribution in [3.05, 3.63) is 28.2 Å². The molecule has 1 aliphatic heterocycles. The second-order valence-electron chi connectivity index (χ2n) is 5.49. The van der Waals surface area contributed by atoms with Crippen LogP contribution in [0.3, 0.4) is 0 Å². The number of fused-ring (bicyclic) bond motifs is 1. The van der Waals surface area contributed by atoms with Crippen molar-refractivity contribution < 1.29 is 9.00 Å². The molecular weight excluding hydrogens is 342 g/mol. The number of hydrogen-bond acceptors (Lipinski definition) is 3. The zero-order valence-corrected chi connectivity index (χ0v) is 13.7. The summed E-state index contributed by atoms with van der Waals surface area (Å²) in [5.41, 5.74) is -0.591. The number of rotatable bonds is 2. The van der Waals surface area contributed by atoms with Gasteiger partial charge >= 0.3 is 0 Å². The van der Waals surface area contributed by atoms with E-state index in [1.54, 1.807) is 39.0 Å². The number of amides is 1. The van der Waals surface area contributed by atoms with Crippen LogP contribution in [0.15, 0.2) is 22.7 Å². The van der Waals surface area contributed by atoms with E-state index in [1.165, 1.54) is 0 Å². The van der Waals surface area contributed by atoms with Gasteiger partial charge in [0.15, 0.2) is 0 Å². The zero-order chi connectivity index (χ0) is 15.1. The van der Waals surface area contributed by atoms with Crippen LogP contribution >= 0.6 is 15.9 Å². The number of nitrogens with one attached hydrogen (secondary N) is 2. The molecule has 0 aliphatic carbocycles. The first kappa shape index (κ1) is 15.2. The van der Waals surface area contributed by atoms with Gasteiger partial charge in [-0.05, 0) is 39.0 Å². The smallest absolute Gasteiger partial charge is 0.265 e. The minimum Gasteiger partial charge on any atom is -0.323 e. The molecular formula is C13H14BrN3O2S. The van der Waals surface area contributed by atoms with Gasteiger partial charge in [0.1, 0.15) is 6.07 Å². The second-order valence-corrected chi connectivity index (χ2v) is 8.37. The molecule has 0 bridgehead atoms. The van der Waals surface area contributed by atoms with Crippen molar-refractivity contribution in [3.63, 3.8) is 0 Å². The summed E-state index contributed by atoms with van der Waals surface area (Å²) >= 11 is 3.32. The lowest BCUT2D eigenvalue weighted by Crippen LogP contribution is -2.51. The van der Waals surface area contributed by atoms with Crippen LogP contribution in [0.25, 0.3) is 0 Å². The predicted molar refractivity (Wildman–Crippen MR) is 81.1 cm³/mol. The van der Waals surface area contributed by atoms with E-state index in [2.05, 4.69) is 26.0 Å². The molecule has 2 rings (SSSR count). The Morgan fingerprint density at radius 1 is 1.45 bits per heavy atom. The van der Waals surface area contributed by atoms with Crippen LogP contribution in [-0.2, 0) is 21.3 Å². The molecule has 5 nitrogen and oxygen atoms in total. The van der Waals surface area contributed by atoms with E-state index in [4.69, 9.17) is 0 Å². The fraction of sp³-hybridized carbons (Fsp3) is 0.385. The third-order valence-corrected chi connectivity index (χ3v) is 5.04. The molecule has 0 radical (unpaired) electrons. The van der Waals surface area contributed by atoms with Crippen LogP contribution in [0.1, 0.15) is 26.3 Å².